The molecule has 0 amide bonds. The number of hydrogen-bond donors (Lipinski definition) is 2. The summed E-state index contributed by atoms with van der Waals surface area (Å²) in [7, 11) is 0. The molecule has 3 aromatic carbocycles. The summed E-state index contributed by atoms with van der Waals surface area (Å²) in [6.07, 6.45) is 1.67. The monoisotopic (exact) mass is 480 g/mol. The van der Waals surface area contributed by atoms with E-state index in [1.54, 1.807) is 36.5 Å². The number of nitrogens with zero attached hydrogens (tertiary/aromatic N) is 1. The number of aromatic nitrogens is 1. The highest BCUT2D eigenvalue weighted by molar-refractivity contribution is 5.94. The van der Waals surface area contributed by atoms with Crippen LogP contribution < -0.4 is 10.7 Å². The first-order valence-electron chi connectivity index (χ1n) is 11.5. The molecule has 0 bridgehead atoms. The minimum atomic E-state index is -1.02. The van der Waals surface area contributed by atoms with Crippen molar-refractivity contribution in [1.82, 2.24) is 4.98 Å². The van der Waals surface area contributed by atoms with E-state index in [1.165, 1.54) is 6.07 Å². The van der Waals surface area contributed by atoms with Crippen LogP contribution in [0.5, 0.6) is 0 Å². The van der Waals surface area contributed by atoms with Crippen molar-refractivity contribution >= 4 is 22.6 Å². The summed E-state index contributed by atoms with van der Waals surface area (Å²) in [5.41, 5.74) is 4.20. The fraction of sp³-hybridized carbons (Fsp3) is 0.138. The zero-order valence-electron chi connectivity index (χ0n) is 20.0. The maximum atomic E-state index is 13.1. The molecule has 0 radical (unpaired) electrons. The smallest absolute Gasteiger partial charge is 0.337 e. The third kappa shape index (κ3) is 4.38. The topological polar surface area (TPSA) is 106 Å². The molecule has 2 heterocycles. The predicted octanol–water partition coefficient (Wildman–Crippen LogP) is 6.60. The van der Waals surface area contributed by atoms with Crippen molar-refractivity contribution in [3.63, 3.8) is 0 Å². The van der Waals surface area contributed by atoms with E-state index >= 15 is 0 Å². The van der Waals surface area contributed by atoms with Crippen LogP contribution in [0.1, 0.15) is 40.2 Å². The van der Waals surface area contributed by atoms with Gasteiger partial charge in [0.1, 0.15) is 17.1 Å². The molecule has 0 saturated carbocycles. The molecule has 5 aromatic rings. The molecule has 180 valence electrons. The van der Waals surface area contributed by atoms with Crippen molar-refractivity contribution in [3.05, 3.63) is 106 Å². The lowest BCUT2D eigenvalue weighted by Gasteiger charge is -2.19. The fourth-order valence-corrected chi connectivity index (χ4v) is 4.27. The van der Waals surface area contributed by atoms with Gasteiger partial charge in [-0.05, 0) is 56.7 Å². The number of rotatable bonds is 6. The van der Waals surface area contributed by atoms with Crippen LogP contribution in [-0.2, 0) is 0 Å². The average molecular weight is 481 g/mol. The van der Waals surface area contributed by atoms with Crippen molar-refractivity contribution in [1.29, 1.82) is 0 Å². The summed E-state index contributed by atoms with van der Waals surface area (Å²) in [5.74, 6) is 0.673. The van der Waals surface area contributed by atoms with E-state index in [2.05, 4.69) is 10.3 Å². The number of anilines is 1. The number of carbonyl (C=O) groups is 1. The van der Waals surface area contributed by atoms with Crippen LogP contribution in [0.2, 0.25) is 0 Å². The van der Waals surface area contributed by atoms with Gasteiger partial charge in [0.25, 0.3) is 0 Å². The molecule has 0 aliphatic carbocycles. The number of carboxylic acids is 1. The molecular weight excluding hydrogens is 456 g/mol. The van der Waals surface area contributed by atoms with Crippen LogP contribution >= 0.6 is 0 Å². The van der Waals surface area contributed by atoms with Gasteiger partial charge in [0.15, 0.2) is 5.43 Å². The van der Waals surface area contributed by atoms with Crippen molar-refractivity contribution < 1.29 is 18.7 Å². The van der Waals surface area contributed by atoms with E-state index in [0.29, 0.717) is 28.3 Å². The molecule has 5 rings (SSSR count). The number of fused-ring (bicyclic) bond motifs is 1. The number of hydrogen-bond acceptors (Lipinski definition) is 6. The SMILES string of the molecule is Cc1cc(C(C)Nc2ccccc2C(=O)O)c2oc(-c3ccc(-c4ncc(C)o4)cc3)cc(=O)c2c1. The van der Waals surface area contributed by atoms with Crippen molar-refractivity contribution in [3.8, 4) is 22.8 Å². The third-order valence-corrected chi connectivity index (χ3v) is 6.04. The van der Waals surface area contributed by atoms with Gasteiger partial charge in [-0.2, -0.15) is 0 Å². The van der Waals surface area contributed by atoms with Crippen LogP contribution in [0, 0.1) is 13.8 Å². The van der Waals surface area contributed by atoms with Crippen LogP contribution in [-0.4, -0.2) is 16.1 Å². The molecule has 7 heteroatoms. The number of aryl methyl sites for hydroxylation is 2. The van der Waals surface area contributed by atoms with E-state index in [1.807, 2.05) is 51.1 Å². The molecular formula is C29H24N2O5. The maximum absolute atomic E-state index is 13.1. The molecule has 0 saturated heterocycles. The Balaban J connectivity index is 1.56. The zero-order valence-corrected chi connectivity index (χ0v) is 20.0. The summed E-state index contributed by atoms with van der Waals surface area (Å²) < 4.78 is 11.9. The first-order chi connectivity index (χ1) is 17.3. The number of benzene rings is 3. The van der Waals surface area contributed by atoms with Crippen LogP contribution in [0.3, 0.4) is 0 Å². The summed E-state index contributed by atoms with van der Waals surface area (Å²) in [6, 6.07) is 19.1. The van der Waals surface area contributed by atoms with Gasteiger partial charge in [0.2, 0.25) is 5.89 Å². The molecule has 0 aliphatic rings. The molecule has 1 atom stereocenters. The van der Waals surface area contributed by atoms with Gasteiger partial charge in [0, 0.05) is 28.4 Å². The van der Waals surface area contributed by atoms with Gasteiger partial charge >= 0.3 is 5.97 Å². The number of oxazole rings is 1. The molecule has 1 unspecified atom stereocenters. The molecule has 0 fully saturated rings. The predicted molar refractivity (Wildman–Crippen MR) is 138 cm³/mol. The van der Waals surface area contributed by atoms with Gasteiger partial charge < -0.3 is 19.3 Å². The van der Waals surface area contributed by atoms with Gasteiger partial charge in [0.05, 0.1) is 23.2 Å². The Bertz CT molecular complexity index is 1650. The second-order valence-corrected chi connectivity index (χ2v) is 8.78. The van der Waals surface area contributed by atoms with Crippen LogP contribution in [0.25, 0.3) is 33.7 Å². The molecule has 2 N–H and O–H groups in total. The zero-order chi connectivity index (χ0) is 25.4. The number of para-hydroxylation sites is 1. The summed E-state index contributed by atoms with van der Waals surface area (Å²) in [4.78, 5) is 29.0. The Morgan fingerprint density at radius 3 is 2.39 bits per heavy atom. The molecule has 7 nitrogen and oxygen atoms in total. The van der Waals surface area contributed by atoms with E-state index in [4.69, 9.17) is 8.83 Å². The van der Waals surface area contributed by atoms with E-state index < -0.39 is 5.97 Å². The fourth-order valence-electron chi connectivity index (χ4n) is 4.27. The first kappa shape index (κ1) is 23.1. The Hall–Kier alpha value is -4.65. The lowest BCUT2D eigenvalue weighted by atomic mass is 10.00. The van der Waals surface area contributed by atoms with Gasteiger partial charge in [-0.3, -0.25) is 4.79 Å². The minimum absolute atomic E-state index is 0.151. The maximum Gasteiger partial charge on any atom is 0.337 e. The second kappa shape index (κ2) is 9.19. The quantitative estimate of drug-likeness (QED) is 0.282. The van der Waals surface area contributed by atoms with Crippen LogP contribution in [0.15, 0.2) is 86.6 Å². The van der Waals surface area contributed by atoms with Gasteiger partial charge in [-0.25, -0.2) is 9.78 Å². The van der Waals surface area contributed by atoms with E-state index in [9.17, 15) is 14.7 Å². The Kier molecular flexibility index (Phi) is 5.90. The Morgan fingerprint density at radius 1 is 0.972 bits per heavy atom. The standard InChI is InChI=1S/C29H24N2O5/c1-16-12-22(18(3)31-24-7-5-4-6-21(24)29(33)34)27-23(13-16)25(32)14-26(36-27)19-8-10-20(11-9-19)28-30-15-17(2)35-28/h4-15,18,31H,1-3H3,(H,33,34). The minimum Gasteiger partial charge on any atom is -0.478 e. The number of carboxylic acid groups (broad SMARTS) is 1. The normalized spacial score (nSPS) is 12.0. The first-order valence-corrected chi connectivity index (χ1v) is 11.5. The summed E-state index contributed by atoms with van der Waals surface area (Å²) in [6.45, 7) is 5.66. The molecule has 0 aliphatic heterocycles. The van der Waals surface area contributed by atoms with Crippen molar-refractivity contribution in [2.24, 2.45) is 0 Å². The lowest BCUT2D eigenvalue weighted by molar-refractivity contribution is 0.0698. The second-order valence-electron chi connectivity index (χ2n) is 8.78. The molecule has 2 aromatic heterocycles. The van der Waals surface area contributed by atoms with E-state index in [-0.39, 0.29) is 17.0 Å². The summed E-state index contributed by atoms with van der Waals surface area (Å²) >= 11 is 0. The third-order valence-electron chi connectivity index (χ3n) is 6.04. The molecule has 0 spiro atoms. The van der Waals surface area contributed by atoms with Gasteiger partial charge in [-0.1, -0.05) is 30.3 Å². The highest BCUT2D eigenvalue weighted by atomic mass is 16.4. The van der Waals surface area contributed by atoms with E-state index in [0.717, 1.165) is 28.0 Å². The number of aromatic carboxylic acids is 1. The van der Waals surface area contributed by atoms with Crippen LogP contribution in [0.4, 0.5) is 5.69 Å². The highest BCUT2D eigenvalue weighted by Gasteiger charge is 2.18. The largest absolute Gasteiger partial charge is 0.478 e. The highest BCUT2D eigenvalue weighted by Crippen LogP contribution is 2.32. The Labute approximate surface area is 207 Å². The summed E-state index contributed by atoms with van der Waals surface area (Å²) in [5, 5.41) is 13.3. The Morgan fingerprint density at radius 2 is 1.69 bits per heavy atom. The number of nitrogens with one attached hydrogen (secondary N) is 1. The van der Waals surface area contributed by atoms with Gasteiger partial charge in [-0.15, -0.1) is 0 Å². The average Bonchev–Trinajstić information content (AvgIpc) is 3.30. The van der Waals surface area contributed by atoms with Crippen molar-refractivity contribution in [2.75, 3.05) is 5.32 Å². The molecule has 36 heavy (non-hydrogen) atoms. The lowest BCUT2D eigenvalue weighted by Crippen LogP contribution is -2.12. The van der Waals surface area contributed by atoms with Crippen molar-refractivity contribution in [2.45, 2.75) is 26.8 Å².